The van der Waals surface area contributed by atoms with Gasteiger partial charge in [0, 0.05) is 30.1 Å². The van der Waals surface area contributed by atoms with E-state index < -0.39 is 10.0 Å². The average Bonchev–Trinajstić information content (AvgIpc) is 3.11. The molecule has 164 valence electrons. The highest BCUT2D eigenvalue weighted by Crippen LogP contribution is 2.55. The third kappa shape index (κ3) is 3.69. The molecule has 1 aliphatic heterocycles. The third-order valence-electron chi connectivity index (χ3n) is 8.00. The quantitative estimate of drug-likeness (QED) is 0.733. The molecule has 30 heavy (non-hydrogen) atoms. The Balaban J connectivity index is 1.21. The topological polar surface area (TPSA) is 66.5 Å². The van der Waals surface area contributed by atoms with Gasteiger partial charge in [0.1, 0.15) is 0 Å². The lowest BCUT2D eigenvalue weighted by atomic mass is 9.53. The van der Waals surface area contributed by atoms with Crippen molar-refractivity contribution in [2.75, 3.05) is 13.1 Å². The predicted molar refractivity (Wildman–Crippen MR) is 117 cm³/mol. The second-order valence-corrected chi connectivity index (χ2v) is 12.6. The highest BCUT2D eigenvalue weighted by molar-refractivity contribution is 7.89. The van der Waals surface area contributed by atoms with Gasteiger partial charge in [-0.25, -0.2) is 8.42 Å². The Morgan fingerprint density at radius 2 is 1.80 bits per heavy atom. The van der Waals surface area contributed by atoms with Crippen molar-refractivity contribution in [1.29, 1.82) is 0 Å². The normalized spacial score (nSPS) is 35.7. The zero-order chi connectivity index (χ0) is 21.1. The smallest absolute Gasteiger partial charge is 0.243 e. The molecule has 5 nitrogen and oxygen atoms in total. The number of benzene rings is 1. The minimum atomic E-state index is -3.59. The first-order valence-electron chi connectivity index (χ1n) is 11.3. The van der Waals surface area contributed by atoms with Crippen LogP contribution in [-0.2, 0) is 14.8 Å². The number of nitrogens with one attached hydrogen (secondary N) is 1. The average molecular weight is 451 g/mol. The molecule has 4 bridgehead atoms. The van der Waals surface area contributed by atoms with Crippen molar-refractivity contribution in [3.8, 4) is 0 Å². The second kappa shape index (κ2) is 7.49. The van der Waals surface area contributed by atoms with E-state index >= 15 is 0 Å². The molecule has 1 aromatic carbocycles. The molecule has 7 heteroatoms. The van der Waals surface area contributed by atoms with Crippen LogP contribution in [0.15, 0.2) is 23.1 Å². The van der Waals surface area contributed by atoms with E-state index in [4.69, 9.17) is 11.6 Å². The molecule has 4 aliphatic carbocycles. The Morgan fingerprint density at radius 1 is 1.17 bits per heavy atom. The van der Waals surface area contributed by atoms with Crippen LogP contribution >= 0.6 is 11.6 Å². The number of hydrogen-bond acceptors (Lipinski definition) is 3. The Hall–Kier alpha value is -1.11. The van der Waals surface area contributed by atoms with Gasteiger partial charge in [-0.15, -0.1) is 0 Å². The summed E-state index contributed by atoms with van der Waals surface area (Å²) in [5.41, 5.74) is 0.607. The van der Waals surface area contributed by atoms with Crippen LogP contribution in [0.4, 0.5) is 0 Å². The summed E-state index contributed by atoms with van der Waals surface area (Å²) in [6, 6.07) is 5.00. The summed E-state index contributed by atoms with van der Waals surface area (Å²) in [6.07, 6.45) is 8.64. The molecule has 0 spiro atoms. The Kier molecular flexibility index (Phi) is 5.19. The third-order valence-corrected chi connectivity index (χ3v) is 10.4. The second-order valence-electron chi connectivity index (χ2n) is 10.3. The molecule has 1 saturated heterocycles. The monoisotopic (exact) mass is 450 g/mol. The SMILES string of the molecule is Cc1c(Cl)cccc1S(=O)(=O)N1CCC(CC(=O)NC23CC4CC(CC(C4)C2)C3)C1. The van der Waals surface area contributed by atoms with Crippen LogP contribution in [0.2, 0.25) is 5.02 Å². The van der Waals surface area contributed by atoms with Crippen LogP contribution in [0, 0.1) is 30.6 Å². The summed E-state index contributed by atoms with van der Waals surface area (Å²) in [5, 5.41) is 3.89. The fourth-order valence-corrected chi connectivity index (χ4v) is 9.07. The van der Waals surface area contributed by atoms with Gasteiger partial charge in [0.2, 0.25) is 15.9 Å². The molecular weight excluding hydrogens is 420 g/mol. The molecule has 5 aliphatic rings. The van der Waals surface area contributed by atoms with Gasteiger partial charge in [-0.1, -0.05) is 17.7 Å². The summed E-state index contributed by atoms with van der Waals surface area (Å²) >= 11 is 6.14. The first-order valence-corrected chi connectivity index (χ1v) is 13.1. The van der Waals surface area contributed by atoms with E-state index in [0.29, 0.717) is 30.1 Å². The lowest BCUT2D eigenvalue weighted by molar-refractivity contribution is -0.127. The molecule has 0 radical (unpaired) electrons. The molecule has 4 saturated carbocycles. The first kappa shape index (κ1) is 20.8. The van der Waals surface area contributed by atoms with Gasteiger partial charge in [-0.3, -0.25) is 4.79 Å². The van der Waals surface area contributed by atoms with Crippen molar-refractivity contribution in [2.24, 2.45) is 23.7 Å². The largest absolute Gasteiger partial charge is 0.351 e. The Labute approximate surface area is 184 Å². The number of rotatable bonds is 5. The lowest BCUT2D eigenvalue weighted by Crippen LogP contribution is -2.60. The van der Waals surface area contributed by atoms with E-state index in [-0.39, 0.29) is 22.3 Å². The predicted octanol–water partition coefficient (Wildman–Crippen LogP) is 4.13. The van der Waals surface area contributed by atoms with Gasteiger partial charge in [0.15, 0.2) is 0 Å². The van der Waals surface area contributed by atoms with E-state index in [0.717, 1.165) is 43.4 Å². The van der Waals surface area contributed by atoms with E-state index in [1.807, 2.05) is 0 Å². The molecule has 1 heterocycles. The minimum absolute atomic E-state index is 0.0219. The molecular formula is C23H31ClN2O3S. The molecule has 0 aromatic heterocycles. The highest BCUT2D eigenvalue weighted by Gasteiger charge is 2.51. The first-order chi connectivity index (χ1) is 14.2. The van der Waals surface area contributed by atoms with E-state index in [9.17, 15) is 13.2 Å². The molecule has 1 atom stereocenters. The summed E-state index contributed by atoms with van der Waals surface area (Å²) in [5.74, 6) is 2.58. The van der Waals surface area contributed by atoms with Gasteiger partial charge in [0.25, 0.3) is 0 Å². The zero-order valence-corrected chi connectivity index (χ0v) is 19.1. The van der Waals surface area contributed by atoms with Gasteiger partial charge in [-0.05, 0) is 93.2 Å². The van der Waals surface area contributed by atoms with E-state index in [1.54, 1.807) is 25.1 Å². The van der Waals surface area contributed by atoms with Crippen molar-refractivity contribution in [2.45, 2.75) is 68.7 Å². The lowest BCUT2D eigenvalue weighted by Gasteiger charge is -2.57. The van der Waals surface area contributed by atoms with Crippen LogP contribution in [0.1, 0.15) is 56.9 Å². The van der Waals surface area contributed by atoms with E-state index in [2.05, 4.69) is 5.32 Å². The maximum Gasteiger partial charge on any atom is 0.243 e. The Bertz CT molecular complexity index is 926. The number of carbonyl (C=O) groups excluding carboxylic acids is 1. The highest BCUT2D eigenvalue weighted by atomic mass is 35.5. The number of halogens is 1. The number of nitrogens with zero attached hydrogens (tertiary/aromatic N) is 1. The van der Waals surface area contributed by atoms with Crippen LogP contribution in [-0.4, -0.2) is 37.3 Å². The zero-order valence-electron chi connectivity index (χ0n) is 17.6. The fraction of sp³-hybridized carbons (Fsp3) is 0.696. The molecule has 1 amide bonds. The van der Waals surface area contributed by atoms with Crippen molar-refractivity contribution in [1.82, 2.24) is 9.62 Å². The van der Waals surface area contributed by atoms with Crippen LogP contribution in [0.25, 0.3) is 0 Å². The van der Waals surface area contributed by atoms with Crippen molar-refractivity contribution >= 4 is 27.5 Å². The molecule has 1 unspecified atom stereocenters. The number of amides is 1. The maximum atomic E-state index is 13.1. The maximum absolute atomic E-state index is 13.1. The Morgan fingerprint density at radius 3 is 2.43 bits per heavy atom. The standard InChI is InChI=1S/C23H31ClN2O3S/c1-15-20(24)3-2-4-21(15)30(28,29)26-6-5-16(14-26)10-22(27)25-23-11-17-7-18(12-23)9-19(8-17)13-23/h2-4,16-19H,5-14H2,1H3,(H,25,27). The van der Waals surface area contributed by atoms with Crippen LogP contribution in [0.3, 0.4) is 0 Å². The molecule has 6 rings (SSSR count). The van der Waals surface area contributed by atoms with Gasteiger partial charge >= 0.3 is 0 Å². The van der Waals surface area contributed by atoms with E-state index in [1.165, 1.54) is 23.6 Å². The fourth-order valence-electron chi connectivity index (χ4n) is 7.06. The van der Waals surface area contributed by atoms with Gasteiger partial charge < -0.3 is 5.32 Å². The summed E-state index contributed by atoms with van der Waals surface area (Å²) < 4.78 is 27.7. The van der Waals surface area contributed by atoms with Crippen molar-refractivity contribution in [3.05, 3.63) is 28.8 Å². The molecule has 5 fully saturated rings. The van der Waals surface area contributed by atoms with Gasteiger partial charge in [-0.2, -0.15) is 4.31 Å². The minimum Gasteiger partial charge on any atom is -0.351 e. The number of sulfonamides is 1. The van der Waals surface area contributed by atoms with Crippen molar-refractivity contribution in [3.63, 3.8) is 0 Å². The number of hydrogen-bond donors (Lipinski definition) is 1. The van der Waals surface area contributed by atoms with Gasteiger partial charge in [0.05, 0.1) is 4.90 Å². The molecule has 1 aromatic rings. The number of carbonyl (C=O) groups is 1. The summed E-state index contributed by atoms with van der Waals surface area (Å²) in [7, 11) is -3.59. The van der Waals surface area contributed by atoms with Crippen molar-refractivity contribution < 1.29 is 13.2 Å². The van der Waals surface area contributed by atoms with Crippen LogP contribution in [0.5, 0.6) is 0 Å². The molecule has 1 N–H and O–H groups in total. The summed E-state index contributed by atoms with van der Waals surface area (Å²) in [6.45, 7) is 2.61. The summed E-state index contributed by atoms with van der Waals surface area (Å²) in [4.78, 5) is 13.2. The van der Waals surface area contributed by atoms with Crippen LogP contribution < -0.4 is 5.32 Å².